The fourth-order valence-corrected chi connectivity index (χ4v) is 2.64. The van der Waals surface area contributed by atoms with Crippen LogP contribution in [-0.2, 0) is 0 Å². The Morgan fingerprint density at radius 1 is 1.64 bits per heavy atom. The van der Waals surface area contributed by atoms with Gasteiger partial charge in [0.15, 0.2) is 0 Å². The van der Waals surface area contributed by atoms with Crippen LogP contribution in [0.15, 0.2) is 11.4 Å². The van der Waals surface area contributed by atoms with Crippen LogP contribution in [0.4, 0.5) is 0 Å². The zero-order valence-corrected chi connectivity index (χ0v) is 9.06. The Kier molecular flexibility index (Phi) is 2.21. The number of thiophene rings is 1. The zero-order valence-electron chi connectivity index (χ0n) is 6.09. The van der Waals surface area contributed by atoms with Gasteiger partial charge in [0.25, 0.3) is 0 Å². The second kappa shape index (κ2) is 3.03. The lowest BCUT2D eigenvalue weighted by molar-refractivity contribution is 0.635. The van der Waals surface area contributed by atoms with Gasteiger partial charge < -0.3 is 5.73 Å². The van der Waals surface area contributed by atoms with Gasteiger partial charge >= 0.3 is 0 Å². The SMILES string of the molecule is NC(c1csc(I)c1)C1CC1. The maximum Gasteiger partial charge on any atom is 0.0656 e. The molecule has 0 saturated heterocycles. The van der Waals surface area contributed by atoms with Gasteiger partial charge in [0, 0.05) is 6.04 Å². The van der Waals surface area contributed by atoms with Crippen molar-refractivity contribution in [2.45, 2.75) is 18.9 Å². The van der Waals surface area contributed by atoms with Gasteiger partial charge in [-0.2, -0.15) is 0 Å². The highest BCUT2D eigenvalue weighted by Gasteiger charge is 2.29. The molecule has 2 rings (SSSR count). The van der Waals surface area contributed by atoms with E-state index in [0.717, 1.165) is 5.92 Å². The van der Waals surface area contributed by atoms with Crippen molar-refractivity contribution in [1.29, 1.82) is 0 Å². The molecule has 3 heteroatoms. The van der Waals surface area contributed by atoms with Gasteiger partial charge in [0.2, 0.25) is 0 Å². The predicted molar refractivity (Wildman–Crippen MR) is 56.7 cm³/mol. The van der Waals surface area contributed by atoms with Crippen LogP contribution in [0.1, 0.15) is 24.4 Å². The molecule has 1 fully saturated rings. The summed E-state index contributed by atoms with van der Waals surface area (Å²) < 4.78 is 1.34. The van der Waals surface area contributed by atoms with Crippen molar-refractivity contribution in [3.63, 3.8) is 0 Å². The van der Waals surface area contributed by atoms with Crippen LogP contribution in [0.25, 0.3) is 0 Å². The quantitative estimate of drug-likeness (QED) is 0.828. The molecule has 0 aromatic carbocycles. The molecule has 0 bridgehead atoms. The standard InChI is InChI=1S/C8H10INS/c9-7-3-6(4-11-7)8(10)5-1-2-5/h3-5,8H,1-2,10H2. The molecule has 1 aromatic heterocycles. The highest BCUT2D eigenvalue weighted by atomic mass is 127. The van der Waals surface area contributed by atoms with Crippen LogP contribution >= 0.6 is 33.9 Å². The summed E-state index contributed by atoms with van der Waals surface area (Å²) >= 11 is 4.13. The predicted octanol–water partition coefficient (Wildman–Crippen LogP) is 2.76. The first kappa shape index (κ1) is 8.01. The third-order valence-corrected chi connectivity index (χ3v) is 3.91. The van der Waals surface area contributed by atoms with Crippen molar-refractivity contribution >= 4 is 33.9 Å². The van der Waals surface area contributed by atoms with E-state index in [4.69, 9.17) is 5.73 Å². The van der Waals surface area contributed by atoms with Gasteiger partial charge in [-0.05, 0) is 58.4 Å². The third kappa shape index (κ3) is 1.76. The summed E-state index contributed by atoms with van der Waals surface area (Å²) in [5.74, 6) is 0.778. The summed E-state index contributed by atoms with van der Waals surface area (Å²) in [6.45, 7) is 0. The first-order valence-corrected chi connectivity index (χ1v) is 5.73. The van der Waals surface area contributed by atoms with Gasteiger partial charge in [-0.1, -0.05) is 0 Å². The fraction of sp³-hybridized carbons (Fsp3) is 0.500. The fourth-order valence-electron chi connectivity index (χ4n) is 1.23. The maximum atomic E-state index is 6.02. The summed E-state index contributed by atoms with van der Waals surface area (Å²) in [5.41, 5.74) is 7.35. The molecule has 1 aliphatic rings. The van der Waals surface area contributed by atoms with Crippen LogP contribution in [0.2, 0.25) is 0 Å². The molecule has 60 valence electrons. The Balaban J connectivity index is 2.14. The molecule has 1 saturated carbocycles. The lowest BCUT2D eigenvalue weighted by Crippen LogP contribution is -2.10. The lowest BCUT2D eigenvalue weighted by Gasteiger charge is -2.05. The molecular formula is C8H10INS. The van der Waals surface area contributed by atoms with E-state index < -0.39 is 0 Å². The summed E-state index contributed by atoms with van der Waals surface area (Å²) in [6, 6.07) is 2.52. The molecule has 11 heavy (non-hydrogen) atoms. The van der Waals surface area contributed by atoms with Gasteiger partial charge in [-0.25, -0.2) is 0 Å². The minimum Gasteiger partial charge on any atom is -0.324 e. The van der Waals surface area contributed by atoms with Crippen molar-refractivity contribution in [1.82, 2.24) is 0 Å². The van der Waals surface area contributed by atoms with E-state index in [9.17, 15) is 0 Å². The van der Waals surface area contributed by atoms with Crippen molar-refractivity contribution in [3.05, 3.63) is 19.9 Å². The van der Waals surface area contributed by atoms with E-state index in [-0.39, 0.29) is 0 Å². The smallest absolute Gasteiger partial charge is 0.0656 e. The van der Waals surface area contributed by atoms with E-state index in [1.54, 1.807) is 11.3 Å². The van der Waals surface area contributed by atoms with E-state index >= 15 is 0 Å². The second-order valence-corrected chi connectivity index (χ2v) is 5.85. The molecule has 0 amide bonds. The Labute approximate surface area is 84.1 Å². The first-order valence-electron chi connectivity index (χ1n) is 3.77. The maximum absolute atomic E-state index is 6.02. The molecular weight excluding hydrogens is 269 g/mol. The summed E-state index contributed by atoms with van der Waals surface area (Å²) in [6.07, 6.45) is 2.65. The molecule has 1 unspecified atom stereocenters. The van der Waals surface area contributed by atoms with Crippen molar-refractivity contribution in [2.75, 3.05) is 0 Å². The van der Waals surface area contributed by atoms with E-state index in [1.165, 1.54) is 21.3 Å². The number of hydrogen-bond donors (Lipinski definition) is 1. The minimum absolute atomic E-state index is 0.315. The molecule has 1 nitrogen and oxygen atoms in total. The summed E-state index contributed by atoms with van der Waals surface area (Å²) in [4.78, 5) is 0. The highest BCUT2D eigenvalue weighted by molar-refractivity contribution is 14.1. The van der Waals surface area contributed by atoms with Crippen LogP contribution in [0.3, 0.4) is 0 Å². The molecule has 1 heterocycles. The Morgan fingerprint density at radius 3 is 2.82 bits per heavy atom. The topological polar surface area (TPSA) is 26.0 Å². The van der Waals surface area contributed by atoms with Crippen LogP contribution < -0.4 is 5.73 Å². The Bertz CT molecular complexity index is 254. The van der Waals surface area contributed by atoms with Crippen molar-refractivity contribution < 1.29 is 0 Å². The Morgan fingerprint density at radius 2 is 2.36 bits per heavy atom. The molecule has 1 aliphatic carbocycles. The monoisotopic (exact) mass is 279 g/mol. The number of halogens is 1. The number of hydrogen-bond acceptors (Lipinski definition) is 2. The summed E-state index contributed by atoms with van der Waals surface area (Å²) in [7, 11) is 0. The van der Waals surface area contributed by atoms with Gasteiger partial charge in [-0.15, -0.1) is 11.3 Å². The normalized spacial score (nSPS) is 20.2. The van der Waals surface area contributed by atoms with Crippen LogP contribution in [0, 0.1) is 8.80 Å². The van der Waals surface area contributed by atoms with E-state index in [2.05, 4.69) is 34.0 Å². The third-order valence-electron chi connectivity index (χ3n) is 2.10. The summed E-state index contributed by atoms with van der Waals surface area (Å²) in [5, 5.41) is 2.19. The average molecular weight is 279 g/mol. The number of nitrogens with two attached hydrogens (primary N) is 1. The van der Waals surface area contributed by atoms with E-state index in [1.807, 2.05) is 0 Å². The van der Waals surface area contributed by atoms with Crippen molar-refractivity contribution in [2.24, 2.45) is 11.7 Å². The molecule has 1 aromatic rings. The Hall–Kier alpha value is 0.390. The van der Waals surface area contributed by atoms with Crippen LogP contribution in [0.5, 0.6) is 0 Å². The molecule has 0 aliphatic heterocycles. The largest absolute Gasteiger partial charge is 0.324 e. The molecule has 1 atom stereocenters. The molecule has 0 spiro atoms. The lowest BCUT2D eigenvalue weighted by atomic mass is 10.1. The van der Waals surface area contributed by atoms with Gasteiger partial charge in [0.1, 0.15) is 0 Å². The van der Waals surface area contributed by atoms with Crippen molar-refractivity contribution in [3.8, 4) is 0 Å². The van der Waals surface area contributed by atoms with E-state index in [0.29, 0.717) is 6.04 Å². The van der Waals surface area contributed by atoms with Gasteiger partial charge in [-0.3, -0.25) is 0 Å². The zero-order chi connectivity index (χ0) is 7.84. The number of rotatable bonds is 2. The first-order chi connectivity index (χ1) is 5.27. The highest BCUT2D eigenvalue weighted by Crippen LogP contribution is 2.40. The second-order valence-electron chi connectivity index (χ2n) is 3.05. The van der Waals surface area contributed by atoms with Gasteiger partial charge in [0.05, 0.1) is 2.88 Å². The average Bonchev–Trinajstić information content (AvgIpc) is 2.74. The molecule has 2 N–H and O–H groups in total. The minimum atomic E-state index is 0.315. The molecule has 0 radical (unpaired) electrons. The van der Waals surface area contributed by atoms with Crippen LogP contribution in [-0.4, -0.2) is 0 Å².